The number of carbonyl (C=O) groups is 4. The van der Waals surface area contributed by atoms with Crippen LogP contribution in [0, 0.1) is 0 Å². The Balaban J connectivity index is 2.02. The minimum absolute atomic E-state index is 0.141. The average Bonchev–Trinajstić information content (AvgIpc) is 2.86. The number of anilines is 1. The first-order chi connectivity index (χ1) is 12.2. The van der Waals surface area contributed by atoms with Gasteiger partial charge in [-0.2, -0.15) is 0 Å². The Hall–Kier alpha value is -2.90. The average molecular weight is 360 g/mol. The van der Waals surface area contributed by atoms with E-state index in [1.807, 2.05) is 13.8 Å². The van der Waals surface area contributed by atoms with Crippen molar-refractivity contribution in [3.63, 3.8) is 0 Å². The molecule has 0 saturated carbocycles. The number of benzene rings is 1. The lowest BCUT2D eigenvalue weighted by Crippen LogP contribution is -2.46. The Morgan fingerprint density at radius 3 is 2.15 bits per heavy atom. The second-order valence-corrected chi connectivity index (χ2v) is 6.44. The Morgan fingerprint density at radius 1 is 1.12 bits per heavy atom. The lowest BCUT2D eigenvalue weighted by Gasteiger charge is -2.23. The molecule has 1 heterocycles. The summed E-state index contributed by atoms with van der Waals surface area (Å²) in [7, 11) is 3.31. The molecule has 2 N–H and O–H groups in total. The summed E-state index contributed by atoms with van der Waals surface area (Å²) in [6, 6.07) is 5.85. The van der Waals surface area contributed by atoms with Crippen molar-refractivity contribution in [2.24, 2.45) is 0 Å². The molecule has 0 bridgehead atoms. The summed E-state index contributed by atoms with van der Waals surface area (Å²) < 4.78 is 0. The van der Waals surface area contributed by atoms with Gasteiger partial charge in [-0.25, -0.2) is 4.79 Å². The van der Waals surface area contributed by atoms with Gasteiger partial charge in [0.1, 0.15) is 12.1 Å². The maximum Gasteiger partial charge on any atom is 0.325 e. The summed E-state index contributed by atoms with van der Waals surface area (Å²) in [4.78, 5) is 51.0. The summed E-state index contributed by atoms with van der Waals surface area (Å²) in [5.74, 6) is -1.00. The predicted octanol–water partition coefficient (Wildman–Crippen LogP) is 1.44. The van der Waals surface area contributed by atoms with Gasteiger partial charge < -0.3 is 15.5 Å². The SMILES string of the molecule is CCC1(CC)NC(=O)N(CC(=O)Nc2ccc(C(=O)N(C)C)cc2)C1=O. The number of nitrogens with one attached hydrogen (secondary N) is 2. The molecule has 0 radical (unpaired) electrons. The van der Waals surface area contributed by atoms with Crippen molar-refractivity contribution in [3.8, 4) is 0 Å². The van der Waals surface area contributed by atoms with Crippen molar-refractivity contribution in [1.29, 1.82) is 0 Å². The van der Waals surface area contributed by atoms with Crippen LogP contribution in [0.2, 0.25) is 0 Å². The third-order valence-electron chi connectivity index (χ3n) is 4.58. The van der Waals surface area contributed by atoms with Gasteiger partial charge in [-0.3, -0.25) is 19.3 Å². The third kappa shape index (κ3) is 3.68. The van der Waals surface area contributed by atoms with Crippen LogP contribution in [0.4, 0.5) is 10.5 Å². The molecule has 8 nitrogen and oxygen atoms in total. The molecule has 1 aliphatic rings. The molecule has 0 unspecified atom stereocenters. The minimum Gasteiger partial charge on any atom is -0.345 e. The molecule has 0 aromatic heterocycles. The second kappa shape index (κ2) is 7.55. The van der Waals surface area contributed by atoms with E-state index in [9.17, 15) is 19.2 Å². The third-order valence-corrected chi connectivity index (χ3v) is 4.58. The number of nitrogens with zero attached hydrogens (tertiary/aromatic N) is 2. The summed E-state index contributed by atoms with van der Waals surface area (Å²) in [5.41, 5.74) is 0.0540. The van der Waals surface area contributed by atoms with E-state index >= 15 is 0 Å². The standard InChI is InChI=1S/C18H24N4O4/c1-5-18(6-2)16(25)22(17(26)20-18)11-14(23)19-13-9-7-12(8-10-13)15(24)21(3)4/h7-10H,5-6,11H2,1-4H3,(H,19,23)(H,20,26). The van der Waals surface area contributed by atoms with E-state index in [1.54, 1.807) is 38.4 Å². The molecular formula is C18H24N4O4. The fourth-order valence-electron chi connectivity index (χ4n) is 2.85. The van der Waals surface area contributed by atoms with Gasteiger partial charge in [0.05, 0.1) is 0 Å². The van der Waals surface area contributed by atoms with E-state index in [-0.39, 0.29) is 18.4 Å². The molecule has 0 atom stereocenters. The number of amides is 5. The van der Waals surface area contributed by atoms with E-state index in [4.69, 9.17) is 0 Å². The van der Waals surface area contributed by atoms with Crippen LogP contribution in [0.15, 0.2) is 24.3 Å². The summed E-state index contributed by atoms with van der Waals surface area (Å²) in [6.07, 6.45) is 0.932. The summed E-state index contributed by atoms with van der Waals surface area (Å²) in [5, 5.41) is 5.31. The van der Waals surface area contributed by atoms with Gasteiger partial charge >= 0.3 is 6.03 Å². The lowest BCUT2D eigenvalue weighted by molar-refractivity contribution is -0.134. The molecule has 1 aromatic rings. The normalized spacial score (nSPS) is 15.6. The van der Waals surface area contributed by atoms with Crippen molar-refractivity contribution in [2.45, 2.75) is 32.2 Å². The topological polar surface area (TPSA) is 98.8 Å². The van der Waals surface area contributed by atoms with Gasteiger partial charge in [-0.05, 0) is 37.1 Å². The summed E-state index contributed by atoms with van der Waals surface area (Å²) in [6.45, 7) is 3.29. The predicted molar refractivity (Wildman–Crippen MR) is 96.6 cm³/mol. The second-order valence-electron chi connectivity index (χ2n) is 6.44. The molecular weight excluding hydrogens is 336 g/mol. The van der Waals surface area contributed by atoms with Crippen molar-refractivity contribution >= 4 is 29.4 Å². The number of hydrogen-bond acceptors (Lipinski definition) is 4. The van der Waals surface area contributed by atoms with E-state index < -0.39 is 17.5 Å². The van der Waals surface area contributed by atoms with Gasteiger partial charge in [0, 0.05) is 25.3 Å². The molecule has 1 aliphatic heterocycles. The Labute approximate surface area is 152 Å². The quantitative estimate of drug-likeness (QED) is 0.750. The van der Waals surface area contributed by atoms with Crippen molar-refractivity contribution in [3.05, 3.63) is 29.8 Å². The fourth-order valence-corrected chi connectivity index (χ4v) is 2.85. The van der Waals surface area contributed by atoms with Crippen molar-refractivity contribution in [2.75, 3.05) is 26.0 Å². The first-order valence-corrected chi connectivity index (χ1v) is 8.49. The van der Waals surface area contributed by atoms with E-state index in [2.05, 4.69) is 10.6 Å². The molecule has 0 aliphatic carbocycles. The highest BCUT2D eigenvalue weighted by molar-refractivity contribution is 6.10. The van der Waals surface area contributed by atoms with Gasteiger partial charge in [-0.1, -0.05) is 13.8 Å². The molecule has 0 spiro atoms. The van der Waals surface area contributed by atoms with Crippen LogP contribution in [-0.2, 0) is 9.59 Å². The minimum atomic E-state index is -0.925. The molecule has 1 aromatic carbocycles. The lowest BCUT2D eigenvalue weighted by atomic mass is 9.93. The van der Waals surface area contributed by atoms with Crippen LogP contribution in [0.25, 0.3) is 0 Å². The van der Waals surface area contributed by atoms with Crippen LogP contribution in [-0.4, -0.2) is 59.7 Å². The Bertz CT molecular complexity index is 723. The zero-order chi connectivity index (χ0) is 19.5. The Kier molecular flexibility index (Phi) is 5.64. The highest BCUT2D eigenvalue weighted by atomic mass is 16.2. The molecule has 2 rings (SSSR count). The number of carbonyl (C=O) groups excluding carboxylic acids is 4. The molecule has 26 heavy (non-hydrogen) atoms. The number of hydrogen-bond donors (Lipinski definition) is 2. The zero-order valence-corrected chi connectivity index (χ0v) is 15.5. The van der Waals surface area contributed by atoms with Crippen LogP contribution < -0.4 is 10.6 Å². The molecule has 140 valence electrons. The number of imide groups is 1. The van der Waals surface area contributed by atoms with Gasteiger partial charge in [-0.15, -0.1) is 0 Å². The fraction of sp³-hybridized carbons (Fsp3) is 0.444. The molecule has 5 amide bonds. The highest BCUT2D eigenvalue weighted by Gasteiger charge is 2.49. The van der Waals surface area contributed by atoms with Gasteiger partial charge in [0.25, 0.3) is 11.8 Å². The Morgan fingerprint density at radius 2 is 1.69 bits per heavy atom. The van der Waals surface area contributed by atoms with E-state index in [1.165, 1.54) is 4.90 Å². The number of urea groups is 1. The summed E-state index contributed by atoms with van der Waals surface area (Å²) >= 11 is 0. The highest BCUT2D eigenvalue weighted by Crippen LogP contribution is 2.24. The van der Waals surface area contributed by atoms with Crippen molar-refractivity contribution in [1.82, 2.24) is 15.1 Å². The van der Waals surface area contributed by atoms with Crippen molar-refractivity contribution < 1.29 is 19.2 Å². The van der Waals surface area contributed by atoms with E-state index in [0.717, 1.165) is 4.90 Å². The monoisotopic (exact) mass is 360 g/mol. The maximum absolute atomic E-state index is 12.5. The molecule has 1 fully saturated rings. The number of rotatable bonds is 6. The first-order valence-electron chi connectivity index (χ1n) is 8.49. The van der Waals surface area contributed by atoms with E-state index in [0.29, 0.717) is 24.1 Å². The van der Waals surface area contributed by atoms with Gasteiger partial charge in [0.2, 0.25) is 5.91 Å². The molecule has 1 saturated heterocycles. The van der Waals surface area contributed by atoms with Crippen LogP contribution in [0.3, 0.4) is 0 Å². The van der Waals surface area contributed by atoms with Crippen LogP contribution in [0.5, 0.6) is 0 Å². The molecule has 8 heteroatoms. The zero-order valence-electron chi connectivity index (χ0n) is 15.5. The van der Waals surface area contributed by atoms with Crippen LogP contribution in [0.1, 0.15) is 37.0 Å². The van der Waals surface area contributed by atoms with Crippen LogP contribution >= 0.6 is 0 Å². The maximum atomic E-state index is 12.5. The smallest absolute Gasteiger partial charge is 0.325 e. The first kappa shape index (κ1) is 19.4. The van der Waals surface area contributed by atoms with Gasteiger partial charge in [0.15, 0.2) is 0 Å². The largest absolute Gasteiger partial charge is 0.345 e.